The van der Waals surface area contributed by atoms with Gasteiger partial charge in [-0.3, -0.25) is 9.69 Å². The molecule has 2 aromatic heterocycles. The van der Waals surface area contributed by atoms with E-state index in [2.05, 4.69) is 46.6 Å². The molecule has 0 radical (unpaired) electrons. The first-order chi connectivity index (χ1) is 12.0. The van der Waals surface area contributed by atoms with Crippen molar-refractivity contribution in [3.63, 3.8) is 0 Å². The molecule has 1 fully saturated rings. The molecule has 3 rings (SSSR count). The summed E-state index contributed by atoms with van der Waals surface area (Å²) in [5.41, 5.74) is 0.858. The van der Waals surface area contributed by atoms with Crippen molar-refractivity contribution in [3.05, 3.63) is 38.0 Å². The second kappa shape index (κ2) is 8.43. The van der Waals surface area contributed by atoms with E-state index >= 15 is 0 Å². The van der Waals surface area contributed by atoms with E-state index in [4.69, 9.17) is 0 Å². The Hall–Kier alpha value is -1.24. The van der Waals surface area contributed by atoms with Gasteiger partial charge in [-0.1, -0.05) is 19.9 Å². The summed E-state index contributed by atoms with van der Waals surface area (Å²) in [4.78, 5) is 21.7. The van der Waals surface area contributed by atoms with Crippen LogP contribution in [-0.2, 0) is 6.54 Å². The molecule has 25 heavy (non-hydrogen) atoms. The van der Waals surface area contributed by atoms with E-state index in [1.165, 1.54) is 16.2 Å². The third kappa shape index (κ3) is 4.90. The highest BCUT2D eigenvalue weighted by Gasteiger charge is 2.22. The van der Waals surface area contributed by atoms with E-state index < -0.39 is 0 Å². The minimum Gasteiger partial charge on any atom is -0.351 e. The molecule has 1 amide bonds. The first kappa shape index (κ1) is 18.5. The van der Waals surface area contributed by atoms with E-state index in [1.807, 2.05) is 18.3 Å². The molecule has 1 saturated heterocycles. The maximum absolute atomic E-state index is 12.5. The largest absolute Gasteiger partial charge is 0.351 e. The second-order valence-electron chi connectivity index (χ2n) is 7.13. The minimum atomic E-state index is 0.0444. The Balaban J connectivity index is 1.44. The predicted octanol–water partition coefficient (Wildman–Crippen LogP) is 4.28. The summed E-state index contributed by atoms with van der Waals surface area (Å²) in [5, 5.41) is 6.33. The standard InChI is InChI=1S/C19H27N3OS2/c1-13(2)19-21-14(3)17(25-19)18(23)20-11-15-6-8-22(9-7-15)12-16-5-4-10-24-16/h4-5,10,13,15H,6-9,11-12H2,1-3H3,(H,20,23). The van der Waals surface area contributed by atoms with Gasteiger partial charge in [-0.15, -0.1) is 22.7 Å². The summed E-state index contributed by atoms with van der Waals surface area (Å²) in [7, 11) is 0. The molecule has 3 heterocycles. The van der Waals surface area contributed by atoms with Crippen LogP contribution < -0.4 is 5.32 Å². The van der Waals surface area contributed by atoms with Crippen LogP contribution >= 0.6 is 22.7 Å². The number of carbonyl (C=O) groups excluding carboxylic acids is 1. The number of piperidine rings is 1. The molecule has 0 aromatic carbocycles. The Morgan fingerprint density at radius 1 is 1.40 bits per heavy atom. The van der Waals surface area contributed by atoms with Crippen molar-refractivity contribution in [2.75, 3.05) is 19.6 Å². The number of hydrogen-bond acceptors (Lipinski definition) is 5. The number of nitrogens with zero attached hydrogens (tertiary/aromatic N) is 2. The van der Waals surface area contributed by atoms with E-state index in [9.17, 15) is 4.79 Å². The lowest BCUT2D eigenvalue weighted by Gasteiger charge is -2.31. The van der Waals surface area contributed by atoms with Gasteiger partial charge in [-0.2, -0.15) is 0 Å². The number of thiophene rings is 1. The third-order valence-corrected chi connectivity index (χ3v) is 7.05. The zero-order chi connectivity index (χ0) is 17.8. The molecule has 136 valence electrons. The number of aromatic nitrogens is 1. The van der Waals surface area contributed by atoms with Crippen LogP contribution in [0.5, 0.6) is 0 Å². The van der Waals surface area contributed by atoms with Gasteiger partial charge in [0.15, 0.2) is 0 Å². The van der Waals surface area contributed by atoms with Crippen LogP contribution in [0.2, 0.25) is 0 Å². The normalized spacial score (nSPS) is 16.5. The van der Waals surface area contributed by atoms with Crippen molar-refractivity contribution < 1.29 is 4.79 Å². The molecule has 6 heteroatoms. The topological polar surface area (TPSA) is 45.2 Å². The van der Waals surface area contributed by atoms with Crippen molar-refractivity contribution >= 4 is 28.6 Å². The molecule has 2 aromatic rings. The van der Waals surface area contributed by atoms with Gasteiger partial charge >= 0.3 is 0 Å². The Bertz CT molecular complexity index is 686. The molecule has 1 N–H and O–H groups in total. The lowest BCUT2D eigenvalue weighted by Crippen LogP contribution is -2.38. The Morgan fingerprint density at radius 2 is 2.16 bits per heavy atom. The Morgan fingerprint density at radius 3 is 2.76 bits per heavy atom. The molecule has 0 bridgehead atoms. The highest BCUT2D eigenvalue weighted by Crippen LogP contribution is 2.25. The van der Waals surface area contributed by atoms with Crippen molar-refractivity contribution in [1.29, 1.82) is 0 Å². The zero-order valence-electron chi connectivity index (χ0n) is 15.2. The van der Waals surface area contributed by atoms with Crippen molar-refractivity contribution in [2.45, 2.75) is 46.1 Å². The Kier molecular flexibility index (Phi) is 6.25. The maximum Gasteiger partial charge on any atom is 0.263 e. The lowest BCUT2D eigenvalue weighted by atomic mass is 9.96. The van der Waals surface area contributed by atoms with Gasteiger partial charge in [-0.05, 0) is 50.2 Å². The van der Waals surface area contributed by atoms with Gasteiger partial charge in [0, 0.05) is 23.9 Å². The number of aryl methyl sites for hydroxylation is 1. The van der Waals surface area contributed by atoms with Gasteiger partial charge < -0.3 is 5.32 Å². The predicted molar refractivity (Wildman–Crippen MR) is 106 cm³/mol. The van der Waals surface area contributed by atoms with Crippen LogP contribution in [0.4, 0.5) is 0 Å². The summed E-state index contributed by atoms with van der Waals surface area (Å²) >= 11 is 3.37. The fraction of sp³-hybridized carbons (Fsp3) is 0.579. The van der Waals surface area contributed by atoms with Crippen molar-refractivity contribution in [1.82, 2.24) is 15.2 Å². The number of thiazole rings is 1. The molecule has 1 aliphatic rings. The summed E-state index contributed by atoms with van der Waals surface area (Å²) in [6.45, 7) is 10.2. The van der Waals surface area contributed by atoms with E-state index in [0.29, 0.717) is 11.8 Å². The molecule has 0 aliphatic carbocycles. The third-order valence-electron chi connectivity index (χ3n) is 4.73. The van der Waals surface area contributed by atoms with E-state index in [-0.39, 0.29) is 5.91 Å². The van der Waals surface area contributed by atoms with Gasteiger partial charge in [-0.25, -0.2) is 4.98 Å². The summed E-state index contributed by atoms with van der Waals surface area (Å²) < 4.78 is 0. The second-order valence-corrected chi connectivity index (χ2v) is 9.19. The van der Waals surface area contributed by atoms with Crippen molar-refractivity contribution in [3.8, 4) is 0 Å². The molecule has 0 unspecified atom stereocenters. The molecule has 0 spiro atoms. The van der Waals surface area contributed by atoms with Crippen LogP contribution in [0.25, 0.3) is 0 Å². The average Bonchev–Trinajstić information content (AvgIpc) is 3.23. The van der Waals surface area contributed by atoms with Gasteiger partial charge in [0.1, 0.15) is 4.88 Å². The number of amides is 1. The van der Waals surface area contributed by atoms with E-state index in [1.54, 1.807) is 0 Å². The first-order valence-corrected chi connectivity index (χ1v) is 10.7. The smallest absolute Gasteiger partial charge is 0.263 e. The Labute approximate surface area is 158 Å². The first-order valence-electron chi connectivity index (χ1n) is 9.03. The fourth-order valence-electron chi connectivity index (χ4n) is 3.16. The van der Waals surface area contributed by atoms with Crippen LogP contribution in [0, 0.1) is 12.8 Å². The number of likely N-dealkylation sites (tertiary alicyclic amines) is 1. The fourth-order valence-corrected chi connectivity index (χ4v) is 4.90. The summed E-state index contributed by atoms with van der Waals surface area (Å²) in [5.74, 6) is 1.00. The van der Waals surface area contributed by atoms with Gasteiger partial charge in [0.25, 0.3) is 5.91 Å². The van der Waals surface area contributed by atoms with Gasteiger partial charge in [0.05, 0.1) is 10.7 Å². The van der Waals surface area contributed by atoms with E-state index in [0.717, 1.165) is 54.6 Å². The average molecular weight is 378 g/mol. The van der Waals surface area contributed by atoms with Crippen LogP contribution in [-0.4, -0.2) is 35.4 Å². The number of carbonyl (C=O) groups is 1. The molecular weight excluding hydrogens is 350 g/mol. The van der Waals surface area contributed by atoms with Crippen molar-refractivity contribution in [2.24, 2.45) is 5.92 Å². The van der Waals surface area contributed by atoms with Crippen LogP contribution in [0.3, 0.4) is 0 Å². The molecule has 1 aliphatic heterocycles. The maximum atomic E-state index is 12.5. The van der Waals surface area contributed by atoms with Crippen LogP contribution in [0.1, 0.15) is 57.9 Å². The number of rotatable bonds is 6. The highest BCUT2D eigenvalue weighted by molar-refractivity contribution is 7.13. The zero-order valence-corrected chi connectivity index (χ0v) is 16.9. The molecule has 0 atom stereocenters. The molecular formula is C19H27N3OS2. The summed E-state index contributed by atoms with van der Waals surface area (Å²) in [6, 6.07) is 4.33. The SMILES string of the molecule is Cc1nc(C(C)C)sc1C(=O)NCC1CCN(Cc2cccs2)CC1. The number of nitrogens with one attached hydrogen (secondary N) is 1. The molecule has 4 nitrogen and oxygen atoms in total. The quantitative estimate of drug-likeness (QED) is 0.817. The van der Waals surface area contributed by atoms with Crippen LogP contribution in [0.15, 0.2) is 17.5 Å². The highest BCUT2D eigenvalue weighted by atomic mass is 32.1. The van der Waals surface area contributed by atoms with Gasteiger partial charge in [0.2, 0.25) is 0 Å². The number of hydrogen-bond donors (Lipinski definition) is 1. The molecule has 0 saturated carbocycles. The summed E-state index contributed by atoms with van der Waals surface area (Å²) in [6.07, 6.45) is 2.31. The monoisotopic (exact) mass is 377 g/mol. The lowest BCUT2D eigenvalue weighted by molar-refractivity contribution is 0.0938. The minimum absolute atomic E-state index is 0.0444.